The normalized spacial score (nSPS) is 12.7. The molecule has 4 heteroatoms. The Morgan fingerprint density at radius 1 is 1.12 bits per heavy atom. The molecule has 1 unspecified atom stereocenters. The fraction of sp³-hybridized carbons (Fsp3) is 0.381. The van der Waals surface area contributed by atoms with E-state index in [1.54, 1.807) is 37.9 Å². The van der Waals surface area contributed by atoms with Gasteiger partial charge in [-0.05, 0) is 69.0 Å². The van der Waals surface area contributed by atoms with Gasteiger partial charge in [0.05, 0.1) is 11.6 Å². The van der Waals surface area contributed by atoms with E-state index >= 15 is 0 Å². The van der Waals surface area contributed by atoms with Gasteiger partial charge in [-0.3, -0.25) is 4.79 Å². The predicted octanol–water partition coefficient (Wildman–Crippen LogP) is 4.36. The lowest BCUT2D eigenvalue weighted by Gasteiger charge is -2.25. The van der Waals surface area contributed by atoms with Crippen LogP contribution >= 0.6 is 0 Å². The first-order valence-corrected chi connectivity index (χ1v) is 8.51. The second-order valence-electron chi connectivity index (χ2n) is 7.15. The van der Waals surface area contributed by atoms with Crippen LogP contribution in [0, 0.1) is 5.82 Å². The van der Waals surface area contributed by atoms with Crippen molar-refractivity contribution in [2.24, 2.45) is 0 Å². The van der Waals surface area contributed by atoms with E-state index in [1.807, 2.05) is 31.2 Å². The van der Waals surface area contributed by atoms with Crippen LogP contribution in [0.5, 0.6) is 0 Å². The van der Waals surface area contributed by atoms with Crippen molar-refractivity contribution in [3.63, 3.8) is 0 Å². The van der Waals surface area contributed by atoms with Crippen molar-refractivity contribution in [2.75, 3.05) is 7.05 Å². The molecule has 0 aliphatic rings. The third-order valence-corrected chi connectivity index (χ3v) is 4.48. The Balaban J connectivity index is 2.05. The zero-order chi connectivity index (χ0) is 18.6. The number of carbonyl (C=O) groups is 1. The van der Waals surface area contributed by atoms with Crippen LogP contribution in [0.3, 0.4) is 0 Å². The maximum Gasteiger partial charge on any atom is 0.254 e. The van der Waals surface area contributed by atoms with Gasteiger partial charge in [-0.1, -0.05) is 24.3 Å². The van der Waals surface area contributed by atoms with E-state index in [1.165, 1.54) is 12.1 Å². The fourth-order valence-corrected chi connectivity index (χ4v) is 2.61. The van der Waals surface area contributed by atoms with Crippen LogP contribution in [0.25, 0.3) is 0 Å². The highest BCUT2D eigenvalue weighted by Crippen LogP contribution is 2.21. The number of aryl methyl sites for hydroxylation is 1. The van der Waals surface area contributed by atoms with Gasteiger partial charge in [-0.15, -0.1) is 0 Å². The minimum Gasteiger partial charge on any atom is -0.390 e. The number of halogens is 1. The van der Waals surface area contributed by atoms with E-state index in [4.69, 9.17) is 0 Å². The Morgan fingerprint density at radius 2 is 1.68 bits per heavy atom. The number of benzene rings is 2. The zero-order valence-corrected chi connectivity index (χ0v) is 15.3. The van der Waals surface area contributed by atoms with Gasteiger partial charge in [0.1, 0.15) is 5.82 Å². The van der Waals surface area contributed by atoms with Crippen molar-refractivity contribution in [3.05, 3.63) is 71.0 Å². The lowest BCUT2D eigenvalue weighted by molar-refractivity contribution is 0.0711. The van der Waals surface area contributed by atoms with E-state index < -0.39 is 5.60 Å². The zero-order valence-electron chi connectivity index (χ0n) is 15.3. The van der Waals surface area contributed by atoms with E-state index in [0.29, 0.717) is 12.0 Å². The van der Waals surface area contributed by atoms with E-state index in [-0.39, 0.29) is 17.8 Å². The first-order valence-electron chi connectivity index (χ1n) is 8.51. The Bertz CT molecular complexity index is 702. The highest BCUT2D eigenvalue weighted by molar-refractivity contribution is 5.94. The van der Waals surface area contributed by atoms with Crippen LogP contribution in [-0.2, 0) is 6.42 Å². The fourth-order valence-electron chi connectivity index (χ4n) is 2.61. The third-order valence-electron chi connectivity index (χ3n) is 4.48. The van der Waals surface area contributed by atoms with Gasteiger partial charge in [-0.25, -0.2) is 4.39 Å². The lowest BCUT2D eigenvalue weighted by atomic mass is 9.98. The van der Waals surface area contributed by atoms with Crippen LogP contribution in [-0.4, -0.2) is 28.6 Å². The number of hydrogen-bond donors (Lipinski definition) is 1. The molecule has 1 atom stereocenters. The number of rotatable bonds is 6. The van der Waals surface area contributed by atoms with Crippen LogP contribution < -0.4 is 0 Å². The van der Waals surface area contributed by atoms with Gasteiger partial charge in [-0.2, -0.15) is 0 Å². The van der Waals surface area contributed by atoms with Gasteiger partial charge in [0.2, 0.25) is 0 Å². The molecule has 2 aromatic rings. The van der Waals surface area contributed by atoms with Crippen molar-refractivity contribution in [1.29, 1.82) is 0 Å². The van der Waals surface area contributed by atoms with Crippen LogP contribution in [0.1, 0.15) is 54.7 Å². The molecule has 0 bridgehead atoms. The number of nitrogens with zero attached hydrogens (tertiary/aromatic N) is 1. The maximum absolute atomic E-state index is 13.1. The minimum absolute atomic E-state index is 0.0779. The molecule has 1 amide bonds. The second kappa shape index (κ2) is 7.79. The van der Waals surface area contributed by atoms with Crippen molar-refractivity contribution in [1.82, 2.24) is 4.90 Å². The summed E-state index contributed by atoms with van der Waals surface area (Å²) < 4.78 is 13.1. The van der Waals surface area contributed by atoms with Gasteiger partial charge in [0, 0.05) is 12.6 Å². The summed E-state index contributed by atoms with van der Waals surface area (Å²) in [6, 6.07) is 13.5. The average Bonchev–Trinajstić information content (AvgIpc) is 2.58. The van der Waals surface area contributed by atoms with Crippen molar-refractivity contribution < 1.29 is 14.3 Å². The molecule has 25 heavy (non-hydrogen) atoms. The Hall–Kier alpha value is -2.20. The molecular weight excluding hydrogens is 317 g/mol. The molecule has 0 aliphatic heterocycles. The van der Waals surface area contributed by atoms with Crippen molar-refractivity contribution in [2.45, 2.75) is 45.3 Å². The molecule has 0 saturated heterocycles. The molecule has 0 heterocycles. The monoisotopic (exact) mass is 343 g/mol. The molecule has 2 aromatic carbocycles. The highest BCUT2D eigenvalue weighted by Gasteiger charge is 2.19. The standard InChI is InChI=1S/C21H26FNO2/c1-15(17-9-11-19(22)12-10-17)23(4)20(24)18-7-5-16(6-8-18)13-14-21(2,3)25/h5-12,15,25H,13-14H2,1-4H3. The average molecular weight is 343 g/mol. The molecule has 3 nitrogen and oxygen atoms in total. The minimum atomic E-state index is -0.695. The Morgan fingerprint density at radius 3 is 2.20 bits per heavy atom. The van der Waals surface area contributed by atoms with Gasteiger partial charge >= 0.3 is 0 Å². The molecule has 0 spiro atoms. The maximum atomic E-state index is 13.1. The lowest BCUT2D eigenvalue weighted by Crippen LogP contribution is -2.29. The summed E-state index contributed by atoms with van der Waals surface area (Å²) in [5.41, 5.74) is 1.90. The van der Waals surface area contributed by atoms with Gasteiger partial charge in [0.25, 0.3) is 5.91 Å². The number of carbonyl (C=O) groups excluding carboxylic acids is 1. The summed E-state index contributed by atoms with van der Waals surface area (Å²) in [4.78, 5) is 14.3. The molecule has 0 aromatic heterocycles. The highest BCUT2D eigenvalue weighted by atomic mass is 19.1. The van der Waals surface area contributed by atoms with Crippen molar-refractivity contribution in [3.8, 4) is 0 Å². The number of amides is 1. The predicted molar refractivity (Wildman–Crippen MR) is 98.0 cm³/mol. The van der Waals surface area contributed by atoms with Gasteiger partial charge in [0.15, 0.2) is 0 Å². The van der Waals surface area contributed by atoms with Crippen molar-refractivity contribution >= 4 is 5.91 Å². The summed E-state index contributed by atoms with van der Waals surface area (Å²) in [5, 5.41) is 9.80. The SMILES string of the molecule is CC(c1ccc(F)cc1)N(C)C(=O)c1ccc(CCC(C)(C)O)cc1. The quantitative estimate of drug-likeness (QED) is 0.846. The smallest absolute Gasteiger partial charge is 0.254 e. The summed E-state index contributed by atoms with van der Waals surface area (Å²) in [5.74, 6) is -0.363. The summed E-state index contributed by atoms with van der Waals surface area (Å²) in [7, 11) is 1.75. The molecule has 134 valence electrons. The molecule has 2 rings (SSSR count). The number of aliphatic hydroxyl groups is 1. The molecule has 0 aliphatic carbocycles. The van der Waals surface area contributed by atoms with Crippen LogP contribution in [0.15, 0.2) is 48.5 Å². The largest absolute Gasteiger partial charge is 0.390 e. The Labute approximate surface area is 149 Å². The molecule has 0 fully saturated rings. The van der Waals surface area contributed by atoms with Gasteiger partial charge < -0.3 is 10.0 Å². The first-order chi connectivity index (χ1) is 11.7. The van der Waals surface area contributed by atoms with E-state index in [0.717, 1.165) is 17.5 Å². The van der Waals surface area contributed by atoms with Crippen LogP contribution in [0.4, 0.5) is 4.39 Å². The summed E-state index contributed by atoms with van der Waals surface area (Å²) in [6.07, 6.45) is 1.43. The number of hydrogen-bond acceptors (Lipinski definition) is 2. The third kappa shape index (κ3) is 5.40. The Kier molecular flexibility index (Phi) is 5.96. The molecule has 0 saturated carbocycles. The summed E-state index contributed by atoms with van der Waals surface area (Å²) >= 11 is 0. The first kappa shape index (κ1) is 19.1. The molecular formula is C21H26FNO2. The molecule has 1 N–H and O–H groups in total. The van der Waals surface area contributed by atoms with Crippen LogP contribution in [0.2, 0.25) is 0 Å². The second-order valence-corrected chi connectivity index (χ2v) is 7.15. The molecule has 0 radical (unpaired) electrons. The summed E-state index contributed by atoms with van der Waals surface area (Å²) in [6.45, 7) is 5.50. The topological polar surface area (TPSA) is 40.5 Å². The van der Waals surface area contributed by atoms with E-state index in [2.05, 4.69) is 0 Å². The van der Waals surface area contributed by atoms with E-state index in [9.17, 15) is 14.3 Å².